The summed E-state index contributed by atoms with van der Waals surface area (Å²) in [4.78, 5) is 14.7. The molecule has 0 spiro atoms. The number of nitrogens with two attached hydrogens (primary N) is 1. The molecule has 4 heteroatoms. The summed E-state index contributed by atoms with van der Waals surface area (Å²) in [5, 5.41) is 0. The Hall–Kier alpha value is -0.900. The van der Waals surface area contributed by atoms with Crippen LogP contribution in [-0.2, 0) is 11.2 Å². The minimum absolute atomic E-state index is 0.202. The maximum absolute atomic E-state index is 10.5. The Morgan fingerprint density at radius 1 is 1.67 bits per heavy atom. The molecule has 3 nitrogen and oxygen atoms in total. The van der Waals surface area contributed by atoms with E-state index in [1.807, 2.05) is 13.0 Å². The largest absolute Gasteiger partial charge is 0.369 e. The topological polar surface area (TPSA) is 56.0 Å². The average molecular weight is 229 g/mol. The van der Waals surface area contributed by atoms with Gasteiger partial charge in [0, 0.05) is 4.47 Å². The van der Waals surface area contributed by atoms with Crippen LogP contribution < -0.4 is 5.73 Å². The van der Waals surface area contributed by atoms with E-state index < -0.39 is 0 Å². The minimum Gasteiger partial charge on any atom is -0.369 e. The fourth-order valence-electron chi connectivity index (χ4n) is 0.873. The second-order valence-electron chi connectivity index (χ2n) is 2.51. The van der Waals surface area contributed by atoms with Gasteiger partial charge in [-0.05, 0) is 35.0 Å². The van der Waals surface area contributed by atoms with Crippen LogP contribution in [0.2, 0.25) is 0 Å². The highest BCUT2D eigenvalue weighted by Crippen LogP contribution is 2.13. The number of hydrogen-bond acceptors (Lipinski definition) is 2. The summed E-state index contributed by atoms with van der Waals surface area (Å²) >= 11 is 3.32. The van der Waals surface area contributed by atoms with Crippen molar-refractivity contribution in [3.63, 3.8) is 0 Å². The van der Waals surface area contributed by atoms with Gasteiger partial charge in [0.15, 0.2) is 0 Å². The number of carbonyl (C=O) groups excluding carboxylic acids is 1. The maximum Gasteiger partial charge on any atom is 0.223 e. The van der Waals surface area contributed by atoms with Crippen molar-refractivity contribution in [3.05, 3.63) is 28.0 Å². The van der Waals surface area contributed by atoms with Gasteiger partial charge in [0.25, 0.3) is 0 Å². The van der Waals surface area contributed by atoms with E-state index in [-0.39, 0.29) is 12.3 Å². The lowest BCUT2D eigenvalue weighted by molar-refractivity contribution is -0.117. The molecule has 1 rings (SSSR count). The molecule has 1 aromatic rings. The summed E-state index contributed by atoms with van der Waals surface area (Å²) in [5.74, 6) is -0.357. The highest BCUT2D eigenvalue weighted by atomic mass is 79.9. The predicted molar refractivity (Wildman–Crippen MR) is 49.6 cm³/mol. The molecule has 0 bridgehead atoms. The van der Waals surface area contributed by atoms with Crippen LogP contribution in [0.5, 0.6) is 0 Å². The highest BCUT2D eigenvalue weighted by Gasteiger charge is 2.01. The van der Waals surface area contributed by atoms with Crippen molar-refractivity contribution in [2.45, 2.75) is 13.3 Å². The van der Waals surface area contributed by atoms with Crippen LogP contribution in [0.25, 0.3) is 0 Å². The molecule has 0 atom stereocenters. The van der Waals surface area contributed by atoms with Gasteiger partial charge in [0.1, 0.15) is 0 Å². The van der Waals surface area contributed by atoms with E-state index in [9.17, 15) is 4.79 Å². The van der Waals surface area contributed by atoms with Crippen LogP contribution in [-0.4, -0.2) is 10.9 Å². The predicted octanol–water partition coefficient (Wildman–Crippen LogP) is 1.18. The fourth-order valence-corrected chi connectivity index (χ4v) is 1.09. The Morgan fingerprint density at radius 2 is 2.33 bits per heavy atom. The molecule has 0 radical (unpaired) electrons. The van der Waals surface area contributed by atoms with Crippen molar-refractivity contribution in [2.75, 3.05) is 0 Å². The van der Waals surface area contributed by atoms with E-state index in [0.717, 1.165) is 10.2 Å². The molecule has 0 aromatic carbocycles. The molecule has 0 fully saturated rings. The summed E-state index contributed by atoms with van der Waals surface area (Å²) in [7, 11) is 0. The van der Waals surface area contributed by atoms with Gasteiger partial charge in [-0.2, -0.15) is 0 Å². The van der Waals surface area contributed by atoms with E-state index in [1.165, 1.54) is 0 Å². The summed E-state index contributed by atoms with van der Waals surface area (Å²) in [6, 6.07) is 3.64. The molecule has 1 heterocycles. The summed E-state index contributed by atoms with van der Waals surface area (Å²) in [5.41, 5.74) is 6.60. The number of hydrogen-bond donors (Lipinski definition) is 1. The van der Waals surface area contributed by atoms with Crippen molar-refractivity contribution >= 4 is 21.8 Å². The van der Waals surface area contributed by atoms with Crippen LogP contribution in [0.3, 0.4) is 0 Å². The Labute approximate surface area is 79.1 Å². The van der Waals surface area contributed by atoms with Gasteiger partial charge in [0.2, 0.25) is 5.91 Å². The van der Waals surface area contributed by atoms with Crippen molar-refractivity contribution in [1.82, 2.24) is 4.98 Å². The second kappa shape index (κ2) is 3.67. The van der Waals surface area contributed by atoms with Crippen LogP contribution in [0.4, 0.5) is 0 Å². The Balaban J connectivity index is 2.89. The van der Waals surface area contributed by atoms with E-state index >= 15 is 0 Å². The lowest BCUT2D eigenvalue weighted by Crippen LogP contribution is -2.14. The third-order valence-corrected chi connectivity index (χ3v) is 2.27. The Kier molecular flexibility index (Phi) is 2.81. The monoisotopic (exact) mass is 228 g/mol. The molecule has 1 aromatic heterocycles. The number of halogens is 1. The first-order chi connectivity index (χ1) is 5.59. The molecular formula is C8H9BrN2O. The number of nitrogens with zero attached hydrogens (tertiary/aromatic N) is 1. The zero-order valence-corrected chi connectivity index (χ0v) is 8.26. The average Bonchev–Trinajstić information content (AvgIpc) is 1.96. The molecule has 12 heavy (non-hydrogen) atoms. The second-order valence-corrected chi connectivity index (χ2v) is 3.37. The van der Waals surface area contributed by atoms with Gasteiger partial charge in [-0.1, -0.05) is 0 Å². The normalized spacial score (nSPS) is 9.83. The lowest BCUT2D eigenvalue weighted by atomic mass is 10.2. The molecule has 1 amide bonds. The quantitative estimate of drug-likeness (QED) is 0.827. The number of pyridine rings is 1. The van der Waals surface area contributed by atoms with Gasteiger partial charge in [-0.3, -0.25) is 9.78 Å². The van der Waals surface area contributed by atoms with Crippen LogP contribution in [0, 0.1) is 6.92 Å². The van der Waals surface area contributed by atoms with Crippen LogP contribution in [0.15, 0.2) is 16.6 Å². The molecule has 0 aliphatic rings. The van der Waals surface area contributed by atoms with Crippen molar-refractivity contribution in [1.29, 1.82) is 0 Å². The standard InChI is InChI=1S/C8H9BrN2O/c1-5-7(9)3-2-6(11-5)4-8(10)12/h2-3H,4H2,1H3,(H2,10,12). The first kappa shape index (κ1) is 9.19. The molecule has 64 valence electrons. The van der Waals surface area contributed by atoms with Crippen molar-refractivity contribution < 1.29 is 4.79 Å². The fraction of sp³-hybridized carbons (Fsp3) is 0.250. The van der Waals surface area contributed by atoms with Crippen molar-refractivity contribution in [3.8, 4) is 0 Å². The maximum atomic E-state index is 10.5. The molecule has 0 unspecified atom stereocenters. The molecule has 0 aliphatic carbocycles. The molecule has 0 aliphatic heterocycles. The minimum atomic E-state index is -0.357. The third kappa shape index (κ3) is 2.30. The number of amides is 1. The zero-order chi connectivity index (χ0) is 9.14. The number of aromatic nitrogens is 1. The van der Waals surface area contributed by atoms with Crippen molar-refractivity contribution in [2.24, 2.45) is 5.73 Å². The van der Waals surface area contributed by atoms with Gasteiger partial charge in [-0.25, -0.2) is 0 Å². The van der Waals surface area contributed by atoms with Crippen LogP contribution >= 0.6 is 15.9 Å². The van der Waals surface area contributed by atoms with Gasteiger partial charge in [-0.15, -0.1) is 0 Å². The zero-order valence-electron chi connectivity index (χ0n) is 6.67. The first-order valence-electron chi connectivity index (χ1n) is 3.50. The smallest absolute Gasteiger partial charge is 0.223 e. The highest BCUT2D eigenvalue weighted by molar-refractivity contribution is 9.10. The van der Waals surface area contributed by atoms with E-state index in [4.69, 9.17) is 5.73 Å². The van der Waals surface area contributed by atoms with E-state index in [1.54, 1.807) is 6.07 Å². The molecule has 2 N–H and O–H groups in total. The third-order valence-electron chi connectivity index (χ3n) is 1.43. The summed E-state index contributed by atoms with van der Waals surface area (Å²) in [6.45, 7) is 1.87. The SMILES string of the molecule is Cc1nc(CC(N)=O)ccc1Br. The van der Waals surface area contributed by atoms with Gasteiger partial charge in [0.05, 0.1) is 17.8 Å². The first-order valence-corrected chi connectivity index (χ1v) is 4.29. The molecular weight excluding hydrogens is 220 g/mol. The number of aryl methyl sites for hydroxylation is 1. The Morgan fingerprint density at radius 3 is 2.83 bits per heavy atom. The van der Waals surface area contributed by atoms with E-state index in [0.29, 0.717) is 5.69 Å². The lowest BCUT2D eigenvalue weighted by Gasteiger charge is -2.00. The Bertz CT molecular complexity index is 312. The number of carbonyl (C=O) groups is 1. The van der Waals surface area contributed by atoms with Crippen LogP contribution in [0.1, 0.15) is 11.4 Å². The van der Waals surface area contributed by atoms with E-state index in [2.05, 4.69) is 20.9 Å². The molecule has 0 saturated carbocycles. The summed E-state index contributed by atoms with van der Waals surface area (Å²) < 4.78 is 0.940. The summed E-state index contributed by atoms with van der Waals surface area (Å²) in [6.07, 6.45) is 0.202. The number of primary amides is 1. The number of rotatable bonds is 2. The van der Waals surface area contributed by atoms with Gasteiger partial charge < -0.3 is 5.73 Å². The van der Waals surface area contributed by atoms with Gasteiger partial charge >= 0.3 is 0 Å². The molecule has 0 saturated heterocycles.